The zero-order chi connectivity index (χ0) is 24.8. The highest BCUT2D eigenvalue weighted by Gasteiger charge is 2.28. The van der Waals surface area contributed by atoms with Crippen molar-refractivity contribution in [2.75, 3.05) is 13.1 Å². The van der Waals surface area contributed by atoms with E-state index < -0.39 is 48.4 Å². The Balaban J connectivity index is 2.96. The summed E-state index contributed by atoms with van der Waals surface area (Å²) in [5.74, 6) is -2.59. The number of aliphatic carboxylic acids is 1. The minimum absolute atomic E-state index is 0.161. The first-order valence-electron chi connectivity index (χ1n) is 11.2. The molecule has 33 heavy (non-hydrogen) atoms. The molecule has 3 atom stereocenters. The highest BCUT2D eigenvalue weighted by atomic mass is 16.4. The van der Waals surface area contributed by atoms with Crippen molar-refractivity contribution in [1.29, 1.82) is 0 Å². The van der Waals surface area contributed by atoms with Gasteiger partial charge >= 0.3 is 5.97 Å². The van der Waals surface area contributed by atoms with Gasteiger partial charge in [-0.15, -0.1) is 0 Å². The Morgan fingerprint density at radius 2 is 1.58 bits per heavy atom. The third kappa shape index (κ3) is 11.4. The number of carboxylic acid groups (broad SMARTS) is 1. The Bertz CT molecular complexity index is 772. The molecule has 10 heteroatoms. The molecule has 0 radical (unpaired) electrons. The van der Waals surface area contributed by atoms with Crippen LogP contribution in [-0.4, -0.2) is 60.0 Å². The zero-order valence-corrected chi connectivity index (χ0v) is 19.4. The molecular formula is C23H37N5O5. The van der Waals surface area contributed by atoms with Gasteiger partial charge in [-0.05, 0) is 43.7 Å². The van der Waals surface area contributed by atoms with Crippen molar-refractivity contribution >= 4 is 23.7 Å². The largest absolute Gasteiger partial charge is 0.480 e. The first kappa shape index (κ1) is 28.1. The van der Waals surface area contributed by atoms with Crippen molar-refractivity contribution in [2.24, 2.45) is 17.4 Å². The molecule has 0 aliphatic heterocycles. The van der Waals surface area contributed by atoms with E-state index in [4.69, 9.17) is 16.6 Å². The second-order valence-corrected chi connectivity index (χ2v) is 8.44. The molecule has 1 rings (SSSR count). The maximum absolute atomic E-state index is 13.1. The summed E-state index contributed by atoms with van der Waals surface area (Å²) >= 11 is 0. The highest BCUT2D eigenvalue weighted by Crippen LogP contribution is 2.08. The first-order chi connectivity index (χ1) is 15.6. The van der Waals surface area contributed by atoms with Gasteiger partial charge in [0.1, 0.15) is 18.6 Å². The lowest BCUT2D eigenvalue weighted by atomic mass is 10.0. The summed E-state index contributed by atoms with van der Waals surface area (Å²) in [6.45, 7) is 3.77. The summed E-state index contributed by atoms with van der Waals surface area (Å²) in [4.78, 5) is 49.1. The van der Waals surface area contributed by atoms with Gasteiger partial charge in [-0.2, -0.15) is 0 Å². The molecule has 0 aliphatic rings. The van der Waals surface area contributed by atoms with Crippen molar-refractivity contribution in [1.82, 2.24) is 16.0 Å². The van der Waals surface area contributed by atoms with Crippen LogP contribution in [0.4, 0.5) is 0 Å². The molecule has 0 spiro atoms. The lowest BCUT2D eigenvalue weighted by molar-refractivity contribution is -0.138. The summed E-state index contributed by atoms with van der Waals surface area (Å²) in [6.07, 6.45) is 2.23. The molecule has 1 aromatic rings. The average Bonchev–Trinajstić information content (AvgIpc) is 2.76. The van der Waals surface area contributed by atoms with Gasteiger partial charge in [-0.25, -0.2) is 0 Å². The van der Waals surface area contributed by atoms with Crippen molar-refractivity contribution in [3.8, 4) is 0 Å². The van der Waals surface area contributed by atoms with Gasteiger partial charge in [-0.1, -0.05) is 44.2 Å². The number of carbonyl (C=O) groups excluding carboxylic acids is 3. The number of amides is 3. The predicted molar refractivity (Wildman–Crippen MR) is 125 cm³/mol. The molecule has 8 N–H and O–H groups in total. The Morgan fingerprint density at radius 1 is 0.939 bits per heavy atom. The van der Waals surface area contributed by atoms with E-state index in [1.165, 1.54) is 0 Å². The van der Waals surface area contributed by atoms with Crippen LogP contribution in [0.5, 0.6) is 0 Å². The van der Waals surface area contributed by atoms with Gasteiger partial charge in [0.25, 0.3) is 0 Å². The highest BCUT2D eigenvalue weighted by molar-refractivity contribution is 5.93. The van der Waals surface area contributed by atoms with Crippen molar-refractivity contribution in [2.45, 2.75) is 64.1 Å². The fourth-order valence-corrected chi connectivity index (χ4v) is 3.27. The summed E-state index contributed by atoms with van der Waals surface area (Å²) in [5, 5.41) is 16.5. The minimum atomic E-state index is -1.20. The van der Waals surface area contributed by atoms with E-state index in [0.717, 1.165) is 5.56 Å². The van der Waals surface area contributed by atoms with E-state index in [2.05, 4.69) is 16.0 Å². The number of rotatable bonds is 15. The van der Waals surface area contributed by atoms with Crippen LogP contribution in [0, 0.1) is 5.92 Å². The number of carboxylic acids is 1. The summed E-state index contributed by atoms with van der Waals surface area (Å²) in [5.41, 5.74) is 12.3. The van der Waals surface area contributed by atoms with Crippen LogP contribution < -0.4 is 27.4 Å². The van der Waals surface area contributed by atoms with Crippen molar-refractivity contribution in [3.63, 3.8) is 0 Å². The van der Waals surface area contributed by atoms with Crippen LogP contribution in [0.15, 0.2) is 30.3 Å². The van der Waals surface area contributed by atoms with Gasteiger partial charge in [0, 0.05) is 6.42 Å². The third-order valence-electron chi connectivity index (χ3n) is 4.97. The van der Waals surface area contributed by atoms with Crippen LogP contribution in [0.2, 0.25) is 0 Å². The Labute approximate surface area is 194 Å². The van der Waals surface area contributed by atoms with Gasteiger partial charge < -0.3 is 32.5 Å². The fourth-order valence-electron chi connectivity index (χ4n) is 3.27. The summed E-state index contributed by atoms with van der Waals surface area (Å²) in [7, 11) is 0. The van der Waals surface area contributed by atoms with Crippen LogP contribution in [0.25, 0.3) is 0 Å². The molecule has 0 aromatic heterocycles. The zero-order valence-electron chi connectivity index (χ0n) is 19.4. The number of benzene rings is 1. The van der Waals surface area contributed by atoms with Crippen LogP contribution in [0.1, 0.15) is 45.1 Å². The molecule has 10 nitrogen and oxygen atoms in total. The van der Waals surface area contributed by atoms with E-state index in [1.807, 2.05) is 19.9 Å². The third-order valence-corrected chi connectivity index (χ3v) is 4.97. The van der Waals surface area contributed by atoms with Crippen LogP contribution in [-0.2, 0) is 25.6 Å². The molecule has 0 fully saturated rings. The molecule has 3 amide bonds. The standard InChI is InChI=1S/C23H37N5O5/c1-15(2)12-17(25)21(31)27-18(10-6-7-11-24)23(33)28-19(22(32)26-14-20(29)30)13-16-8-4-3-5-9-16/h3-5,8-9,15,17-19H,6-7,10-14,24-25H2,1-2H3,(H,26,32)(H,27,31)(H,28,33)(H,29,30). The normalized spacial score (nSPS) is 13.6. The Morgan fingerprint density at radius 3 is 2.15 bits per heavy atom. The number of carbonyl (C=O) groups is 4. The van der Waals surface area contributed by atoms with E-state index in [1.54, 1.807) is 24.3 Å². The predicted octanol–water partition coefficient (Wildman–Crippen LogP) is -0.0981. The molecule has 1 aromatic carbocycles. The Hall–Kier alpha value is -2.98. The van der Waals surface area contributed by atoms with E-state index >= 15 is 0 Å². The molecule has 3 unspecified atom stereocenters. The maximum atomic E-state index is 13.1. The number of unbranched alkanes of at least 4 members (excludes halogenated alkanes) is 1. The van der Waals surface area contributed by atoms with Gasteiger partial charge in [0.2, 0.25) is 17.7 Å². The lowest BCUT2D eigenvalue weighted by Gasteiger charge is -2.24. The van der Waals surface area contributed by atoms with Gasteiger partial charge in [0.15, 0.2) is 0 Å². The Kier molecular flexibility index (Phi) is 12.7. The number of hydrogen-bond acceptors (Lipinski definition) is 6. The SMILES string of the molecule is CC(C)CC(N)C(=O)NC(CCCCN)C(=O)NC(Cc1ccccc1)C(=O)NCC(=O)O. The van der Waals surface area contributed by atoms with Crippen molar-refractivity contribution < 1.29 is 24.3 Å². The monoisotopic (exact) mass is 463 g/mol. The molecule has 0 saturated carbocycles. The second kappa shape index (κ2) is 15.0. The quantitative estimate of drug-likeness (QED) is 0.197. The summed E-state index contributed by atoms with van der Waals surface area (Å²) < 4.78 is 0. The molecule has 0 bridgehead atoms. The molecule has 184 valence electrons. The number of nitrogens with one attached hydrogen (secondary N) is 3. The van der Waals surface area contributed by atoms with E-state index in [0.29, 0.717) is 32.2 Å². The molecule has 0 heterocycles. The topological polar surface area (TPSA) is 177 Å². The minimum Gasteiger partial charge on any atom is -0.480 e. The lowest BCUT2D eigenvalue weighted by Crippen LogP contribution is -2.56. The van der Waals surface area contributed by atoms with Crippen LogP contribution in [0.3, 0.4) is 0 Å². The molecule has 0 saturated heterocycles. The first-order valence-corrected chi connectivity index (χ1v) is 11.2. The average molecular weight is 464 g/mol. The maximum Gasteiger partial charge on any atom is 0.322 e. The smallest absolute Gasteiger partial charge is 0.322 e. The van der Waals surface area contributed by atoms with Gasteiger partial charge in [-0.3, -0.25) is 19.2 Å². The molecular weight excluding hydrogens is 426 g/mol. The number of nitrogens with two attached hydrogens (primary N) is 2. The molecule has 0 aliphatic carbocycles. The second-order valence-electron chi connectivity index (χ2n) is 8.44. The van der Waals surface area contributed by atoms with Crippen molar-refractivity contribution in [3.05, 3.63) is 35.9 Å². The summed E-state index contributed by atoms with van der Waals surface area (Å²) in [6, 6.07) is 6.36. The number of hydrogen-bond donors (Lipinski definition) is 6. The van der Waals surface area contributed by atoms with Crippen LogP contribution >= 0.6 is 0 Å². The van der Waals surface area contributed by atoms with E-state index in [9.17, 15) is 19.2 Å². The van der Waals surface area contributed by atoms with Gasteiger partial charge in [0.05, 0.1) is 6.04 Å². The van der Waals surface area contributed by atoms with E-state index in [-0.39, 0.29) is 12.3 Å². The fraction of sp³-hybridized carbons (Fsp3) is 0.565.